The molecule has 3 nitrogen and oxygen atoms in total. The Morgan fingerprint density at radius 2 is 1.18 bits per heavy atom. The summed E-state index contributed by atoms with van der Waals surface area (Å²) in [4.78, 5) is 2.42. The Morgan fingerprint density at radius 3 is 1.98 bits per heavy atom. The van der Waals surface area contributed by atoms with Crippen LogP contribution in [0.25, 0.3) is 49.9 Å². The fourth-order valence-electron chi connectivity index (χ4n) is 7.66. The summed E-state index contributed by atoms with van der Waals surface area (Å²) >= 11 is 0. The molecule has 0 atom stereocenters. The molecule has 2 aromatic heterocycles. The first-order valence-electron chi connectivity index (χ1n) is 15.2. The molecule has 2 aliphatic rings. The molecule has 10 rings (SSSR count). The smallest absolute Gasteiger partial charge is 0.297 e. The first-order valence-corrected chi connectivity index (χ1v) is 15.2. The lowest BCUT2D eigenvalue weighted by Gasteiger charge is -2.38. The third kappa shape index (κ3) is 3.07. The molecule has 0 saturated heterocycles. The number of fused-ring (bicyclic) bond motifs is 8. The SMILES string of the molecule is c1ccc(-c2oc3c(c2-c2ccccc2)-n2c4ccccc4c4ccc5c(c42)B3c2ccccc2N5c2ccccc2)cc1. The summed E-state index contributed by atoms with van der Waals surface area (Å²) in [7, 11) is 0. The molecule has 0 N–H and O–H groups in total. The lowest BCUT2D eigenvalue weighted by atomic mass is 9.36. The van der Waals surface area contributed by atoms with Crippen LogP contribution in [-0.2, 0) is 0 Å². The number of aromatic nitrogens is 1. The predicted molar refractivity (Wildman–Crippen MR) is 183 cm³/mol. The Morgan fingerprint density at radius 1 is 0.523 bits per heavy atom. The average Bonchev–Trinajstić information content (AvgIpc) is 3.65. The van der Waals surface area contributed by atoms with Gasteiger partial charge in [-0.25, -0.2) is 0 Å². The number of benzene rings is 6. The molecule has 6 aromatic carbocycles. The van der Waals surface area contributed by atoms with Gasteiger partial charge in [0.25, 0.3) is 6.71 Å². The number of nitrogens with zero attached hydrogens (tertiary/aromatic N) is 2. The van der Waals surface area contributed by atoms with Crippen molar-refractivity contribution in [3.63, 3.8) is 0 Å². The molecule has 0 spiro atoms. The molecule has 0 radical (unpaired) electrons. The van der Waals surface area contributed by atoms with Gasteiger partial charge in [-0.3, -0.25) is 0 Å². The molecule has 0 fully saturated rings. The van der Waals surface area contributed by atoms with Crippen molar-refractivity contribution >= 4 is 62.2 Å². The first kappa shape index (κ1) is 23.8. The molecule has 204 valence electrons. The van der Waals surface area contributed by atoms with Crippen LogP contribution in [0.5, 0.6) is 0 Å². The molecule has 0 amide bonds. The zero-order valence-corrected chi connectivity index (χ0v) is 23.8. The molecule has 2 aliphatic heterocycles. The van der Waals surface area contributed by atoms with E-state index < -0.39 is 0 Å². The molecular weight excluding hydrogens is 535 g/mol. The van der Waals surface area contributed by atoms with Gasteiger partial charge in [0.05, 0.1) is 27.9 Å². The van der Waals surface area contributed by atoms with Crippen LogP contribution in [0.15, 0.2) is 156 Å². The second-order valence-corrected chi connectivity index (χ2v) is 11.7. The third-order valence-electron chi connectivity index (χ3n) is 9.38. The van der Waals surface area contributed by atoms with E-state index in [2.05, 4.69) is 161 Å². The van der Waals surface area contributed by atoms with Crippen LogP contribution in [0.4, 0.5) is 17.1 Å². The number of rotatable bonds is 3. The van der Waals surface area contributed by atoms with E-state index in [9.17, 15) is 0 Å². The van der Waals surface area contributed by atoms with Crippen LogP contribution >= 0.6 is 0 Å². The maximum absolute atomic E-state index is 7.23. The van der Waals surface area contributed by atoms with Crippen molar-refractivity contribution in [2.75, 3.05) is 4.90 Å². The van der Waals surface area contributed by atoms with E-state index in [1.54, 1.807) is 0 Å². The van der Waals surface area contributed by atoms with E-state index >= 15 is 0 Å². The lowest BCUT2D eigenvalue weighted by molar-refractivity contribution is 0.615. The first-order chi connectivity index (χ1) is 21.9. The Hall–Kier alpha value is -5.74. The van der Waals surface area contributed by atoms with E-state index in [4.69, 9.17) is 4.42 Å². The Bertz CT molecular complexity index is 2390. The molecule has 0 aliphatic carbocycles. The van der Waals surface area contributed by atoms with Gasteiger partial charge in [0, 0.05) is 33.4 Å². The summed E-state index contributed by atoms with van der Waals surface area (Å²) in [6.45, 7) is -0.0587. The van der Waals surface area contributed by atoms with Crippen molar-refractivity contribution < 1.29 is 4.42 Å². The fraction of sp³-hybridized carbons (Fsp3) is 0. The second kappa shape index (κ2) is 8.89. The van der Waals surface area contributed by atoms with E-state index in [-0.39, 0.29) is 6.71 Å². The van der Waals surface area contributed by atoms with Crippen LogP contribution in [0.1, 0.15) is 0 Å². The molecule has 4 heterocycles. The van der Waals surface area contributed by atoms with Gasteiger partial charge in [0.15, 0.2) is 0 Å². The largest absolute Gasteiger partial charge is 0.467 e. The minimum atomic E-state index is -0.0587. The highest BCUT2D eigenvalue weighted by Gasteiger charge is 2.46. The number of para-hydroxylation sites is 3. The number of hydrogen-bond acceptors (Lipinski definition) is 2. The molecule has 0 bridgehead atoms. The predicted octanol–water partition coefficient (Wildman–Crippen LogP) is 8.32. The van der Waals surface area contributed by atoms with Gasteiger partial charge < -0.3 is 13.9 Å². The van der Waals surface area contributed by atoms with Crippen molar-refractivity contribution in [2.24, 2.45) is 0 Å². The third-order valence-corrected chi connectivity index (χ3v) is 9.38. The minimum Gasteiger partial charge on any atom is -0.467 e. The standard InChI is InChI=1S/C40H25BN2O/c1-4-14-26(15-5-1)35-38-40(44-39(35)27-16-6-2-7-17-27)41-31-21-11-13-23-33(31)42(28-18-8-3-9-19-28)34-25-24-30-29-20-10-12-22-32(29)43(38)37(30)36(34)41/h1-25H. The van der Waals surface area contributed by atoms with Gasteiger partial charge in [-0.2, -0.15) is 0 Å². The molecular formula is C40H25BN2O. The van der Waals surface area contributed by atoms with Gasteiger partial charge >= 0.3 is 0 Å². The van der Waals surface area contributed by atoms with Crippen molar-refractivity contribution in [1.82, 2.24) is 4.57 Å². The summed E-state index contributed by atoms with van der Waals surface area (Å²) < 4.78 is 9.73. The zero-order chi connectivity index (χ0) is 28.8. The summed E-state index contributed by atoms with van der Waals surface area (Å²) in [5.74, 6) is 0.907. The van der Waals surface area contributed by atoms with Gasteiger partial charge in [0.2, 0.25) is 0 Å². The van der Waals surface area contributed by atoms with Crippen molar-refractivity contribution in [2.45, 2.75) is 0 Å². The maximum Gasteiger partial charge on any atom is 0.297 e. The number of anilines is 3. The number of hydrogen-bond donors (Lipinski definition) is 0. The molecule has 0 unspecified atom stereocenters. The van der Waals surface area contributed by atoms with Crippen molar-refractivity contribution in [3.05, 3.63) is 152 Å². The number of furan rings is 1. The van der Waals surface area contributed by atoms with E-state index in [1.165, 1.54) is 44.1 Å². The highest BCUT2D eigenvalue weighted by Crippen LogP contribution is 2.46. The zero-order valence-electron chi connectivity index (χ0n) is 23.8. The van der Waals surface area contributed by atoms with Crippen LogP contribution in [0.2, 0.25) is 0 Å². The second-order valence-electron chi connectivity index (χ2n) is 11.7. The van der Waals surface area contributed by atoms with E-state index in [0.717, 1.165) is 39.5 Å². The van der Waals surface area contributed by atoms with Crippen LogP contribution in [0.3, 0.4) is 0 Å². The highest BCUT2D eigenvalue weighted by atomic mass is 16.3. The van der Waals surface area contributed by atoms with E-state index in [1.807, 2.05) is 0 Å². The van der Waals surface area contributed by atoms with Crippen LogP contribution in [-0.4, -0.2) is 11.3 Å². The fourth-order valence-corrected chi connectivity index (χ4v) is 7.66. The maximum atomic E-state index is 7.23. The Kier molecular flexibility index (Phi) is 4.80. The molecule has 8 aromatic rings. The van der Waals surface area contributed by atoms with Crippen molar-refractivity contribution in [3.8, 4) is 28.1 Å². The topological polar surface area (TPSA) is 21.3 Å². The van der Waals surface area contributed by atoms with Crippen LogP contribution < -0.4 is 21.5 Å². The van der Waals surface area contributed by atoms with E-state index in [0.29, 0.717) is 0 Å². The Labute approximate surface area is 255 Å². The summed E-state index contributed by atoms with van der Waals surface area (Å²) in [6.07, 6.45) is 0. The summed E-state index contributed by atoms with van der Waals surface area (Å²) in [5, 5.41) is 2.52. The normalized spacial score (nSPS) is 12.9. The summed E-state index contributed by atoms with van der Waals surface area (Å²) in [5.41, 5.74) is 14.0. The highest BCUT2D eigenvalue weighted by molar-refractivity contribution is 6.99. The summed E-state index contributed by atoms with van der Waals surface area (Å²) in [6, 6.07) is 54.3. The van der Waals surface area contributed by atoms with Crippen molar-refractivity contribution in [1.29, 1.82) is 0 Å². The molecule has 44 heavy (non-hydrogen) atoms. The average molecular weight is 560 g/mol. The molecule has 0 saturated carbocycles. The van der Waals surface area contributed by atoms with Gasteiger partial charge in [-0.05, 0) is 46.8 Å². The van der Waals surface area contributed by atoms with Gasteiger partial charge in [-0.15, -0.1) is 0 Å². The van der Waals surface area contributed by atoms with Gasteiger partial charge in [-0.1, -0.05) is 121 Å². The monoisotopic (exact) mass is 560 g/mol. The Balaban J connectivity index is 1.42. The minimum absolute atomic E-state index is 0.0587. The lowest BCUT2D eigenvalue weighted by Crippen LogP contribution is -2.59. The van der Waals surface area contributed by atoms with Gasteiger partial charge in [0.1, 0.15) is 5.76 Å². The molecule has 4 heteroatoms. The quantitative estimate of drug-likeness (QED) is 0.203. The van der Waals surface area contributed by atoms with Crippen LogP contribution in [0, 0.1) is 0 Å².